The molecule has 1 aromatic rings. The van der Waals surface area contributed by atoms with Crippen LogP contribution in [-0.4, -0.2) is 35.7 Å². The molecule has 0 heterocycles. The van der Waals surface area contributed by atoms with Crippen molar-refractivity contribution in [1.29, 1.82) is 5.26 Å². The van der Waals surface area contributed by atoms with Crippen LogP contribution in [0.3, 0.4) is 0 Å². The first-order valence-corrected chi connectivity index (χ1v) is 15.5. The fourth-order valence-electron chi connectivity index (χ4n) is 4.17. The summed E-state index contributed by atoms with van der Waals surface area (Å²) in [6.07, 6.45) is 19.5. The van der Waals surface area contributed by atoms with Gasteiger partial charge in [0.15, 0.2) is 0 Å². The highest BCUT2D eigenvalue weighted by atomic mass is 31.2. The van der Waals surface area contributed by atoms with E-state index in [1.807, 2.05) is 6.07 Å². The Morgan fingerprint density at radius 1 is 0.838 bits per heavy atom. The second-order valence-corrected chi connectivity index (χ2v) is 10.9. The van der Waals surface area contributed by atoms with Gasteiger partial charge < -0.3 is 19.3 Å². The Kier molecular flexibility index (Phi) is 19.4. The summed E-state index contributed by atoms with van der Waals surface area (Å²) in [4.78, 5) is 18.3. The van der Waals surface area contributed by atoms with Gasteiger partial charge in [0.05, 0.1) is 18.2 Å². The zero-order chi connectivity index (χ0) is 27.2. The highest BCUT2D eigenvalue weighted by Gasteiger charge is 2.23. The van der Waals surface area contributed by atoms with E-state index < -0.39 is 19.7 Å². The van der Waals surface area contributed by atoms with E-state index in [4.69, 9.17) is 29.0 Å². The van der Waals surface area contributed by atoms with Gasteiger partial charge in [0.1, 0.15) is 24.3 Å². The maximum atomic E-state index is 13.5. The number of halogens is 1. The number of phosphoric acid groups is 1. The van der Waals surface area contributed by atoms with E-state index in [-0.39, 0.29) is 24.5 Å². The molecule has 2 N–H and O–H groups in total. The summed E-state index contributed by atoms with van der Waals surface area (Å²) in [5.74, 6) is -0.560. The van der Waals surface area contributed by atoms with E-state index in [0.29, 0.717) is 6.61 Å². The minimum absolute atomic E-state index is 0.0652. The molecular weight excluding hydrogens is 496 g/mol. The third-order valence-electron chi connectivity index (χ3n) is 6.17. The van der Waals surface area contributed by atoms with E-state index in [1.54, 1.807) is 0 Å². The predicted octanol–water partition coefficient (Wildman–Crippen LogP) is 7.83. The van der Waals surface area contributed by atoms with Crippen molar-refractivity contribution < 1.29 is 32.7 Å². The van der Waals surface area contributed by atoms with Crippen LogP contribution in [0.25, 0.3) is 0 Å². The number of unbranched alkanes of at least 4 members (excludes halogenated alkanes) is 15. The van der Waals surface area contributed by atoms with Crippen molar-refractivity contribution in [1.82, 2.24) is 0 Å². The third kappa shape index (κ3) is 20.2. The van der Waals surface area contributed by atoms with Crippen molar-refractivity contribution >= 4 is 7.82 Å². The zero-order valence-electron chi connectivity index (χ0n) is 22.5. The number of benzene rings is 1. The molecule has 0 aliphatic heterocycles. The topological polar surface area (TPSA) is 109 Å². The predicted molar refractivity (Wildman–Crippen MR) is 144 cm³/mol. The second-order valence-electron chi connectivity index (χ2n) is 9.69. The molecule has 0 aromatic heterocycles. The molecule has 7 nitrogen and oxygen atoms in total. The minimum atomic E-state index is -4.75. The molecule has 0 radical (unpaired) electrons. The maximum Gasteiger partial charge on any atom is 0.470 e. The fourth-order valence-corrected chi connectivity index (χ4v) is 4.68. The molecule has 1 atom stereocenters. The molecule has 1 unspecified atom stereocenters. The highest BCUT2D eigenvalue weighted by molar-refractivity contribution is 7.46. The van der Waals surface area contributed by atoms with Gasteiger partial charge in [-0.05, 0) is 18.6 Å². The Bertz CT molecular complexity index is 797. The van der Waals surface area contributed by atoms with Gasteiger partial charge in [0.2, 0.25) is 0 Å². The lowest BCUT2D eigenvalue weighted by Crippen LogP contribution is -2.26. The number of phosphoric ester groups is 1. The molecule has 0 saturated heterocycles. The quantitative estimate of drug-likeness (QED) is 0.101. The van der Waals surface area contributed by atoms with Gasteiger partial charge in [-0.3, -0.25) is 4.52 Å². The SMILES string of the molecule is CCCCCCCCCCCCCCCCCCOCC(COc1cc(F)cc(C#N)c1)OP(=O)(O)O. The standard InChI is InChI=1S/C28H47FNO6P/c1-2-3-4-5-6-7-8-9-10-11-12-13-14-15-16-17-18-34-23-28(36-37(31,32)33)24-35-27-20-25(22-30)19-26(29)21-27/h19-21,28H,2-18,23-24H2,1H3,(H2,31,32,33). The Morgan fingerprint density at radius 2 is 1.35 bits per heavy atom. The summed E-state index contributed by atoms with van der Waals surface area (Å²) >= 11 is 0. The number of ether oxygens (including phenoxy) is 2. The first-order chi connectivity index (χ1) is 17.8. The van der Waals surface area contributed by atoms with E-state index in [9.17, 15) is 8.96 Å². The van der Waals surface area contributed by atoms with Crippen molar-refractivity contribution in [3.63, 3.8) is 0 Å². The number of hydrogen-bond acceptors (Lipinski definition) is 5. The van der Waals surface area contributed by atoms with Crippen molar-refractivity contribution in [3.8, 4) is 11.8 Å². The monoisotopic (exact) mass is 543 g/mol. The van der Waals surface area contributed by atoms with Gasteiger partial charge in [-0.25, -0.2) is 8.96 Å². The third-order valence-corrected chi connectivity index (χ3v) is 6.74. The van der Waals surface area contributed by atoms with Crippen LogP contribution in [0.2, 0.25) is 0 Å². The lowest BCUT2D eigenvalue weighted by Gasteiger charge is -2.19. The Hall–Kier alpha value is -1.49. The fraction of sp³-hybridized carbons (Fsp3) is 0.750. The van der Waals surface area contributed by atoms with Crippen LogP contribution in [0.15, 0.2) is 18.2 Å². The summed E-state index contributed by atoms with van der Waals surface area (Å²) in [6.45, 7) is 2.40. The Balaban J connectivity index is 2.06. The smallest absolute Gasteiger partial charge is 0.470 e. The summed E-state index contributed by atoms with van der Waals surface area (Å²) in [5, 5.41) is 8.92. The van der Waals surface area contributed by atoms with E-state index in [1.165, 1.54) is 89.5 Å². The van der Waals surface area contributed by atoms with E-state index >= 15 is 0 Å². The van der Waals surface area contributed by atoms with Crippen molar-refractivity contribution in [3.05, 3.63) is 29.6 Å². The Labute approximate surface area is 222 Å². The van der Waals surface area contributed by atoms with Crippen LogP contribution >= 0.6 is 7.82 Å². The molecular formula is C28H47FNO6P. The van der Waals surface area contributed by atoms with Gasteiger partial charge in [0, 0.05) is 12.7 Å². The zero-order valence-corrected chi connectivity index (χ0v) is 23.4. The lowest BCUT2D eigenvalue weighted by molar-refractivity contribution is 0.00938. The minimum Gasteiger partial charge on any atom is -0.491 e. The lowest BCUT2D eigenvalue weighted by atomic mass is 10.0. The molecule has 212 valence electrons. The van der Waals surface area contributed by atoms with E-state index in [2.05, 4.69) is 6.92 Å². The van der Waals surface area contributed by atoms with Crippen LogP contribution in [0.4, 0.5) is 4.39 Å². The van der Waals surface area contributed by atoms with Crippen molar-refractivity contribution in [2.75, 3.05) is 19.8 Å². The van der Waals surface area contributed by atoms with Crippen molar-refractivity contribution in [2.45, 2.75) is 116 Å². The molecule has 0 spiro atoms. The molecule has 9 heteroatoms. The number of nitrogens with zero attached hydrogens (tertiary/aromatic N) is 1. The largest absolute Gasteiger partial charge is 0.491 e. The van der Waals surface area contributed by atoms with Crippen LogP contribution < -0.4 is 4.74 Å². The molecule has 0 saturated carbocycles. The van der Waals surface area contributed by atoms with Crippen LogP contribution in [0, 0.1) is 17.1 Å². The van der Waals surface area contributed by atoms with Gasteiger partial charge in [-0.1, -0.05) is 103 Å². The number of hydrogen-bond donors (Lipinski definition) is 2. The maximum absolute atomic E-state index is 13.5. The average molecular weight is 544 g/mol. The normalized spacial score (nSPS) is 12.4. The first kappa shape index (κ1) is 33.5. The summed E-state index contributed by atoms with van der Waals surface area (Å²) in [6, 6.07) is 5.32. The van der Waals surface area contributed by atoms with Crippen LogP contribution in [-0.2, 0) is 13.8 Å². The number of rotatable bonds is 24. The summed E-state index contributed by atoms with van der Waals surface area (Å²) in [5.41, 5.74) is 0.0854. The molecule has 37 heavy (non-hydrogen) atoms. The van der Waals surface area contributed by atoms with Gasteiger partial charge in [0.25, 0.3) is 0 Å². The average Bonchev–Trinajstić information content (AvgIpc) is 2.85. The molecule has 1 aromatic carbocycles. The van der Waals surface area contributed by atoms with Crippen LogP contribution in [0.1, 0.15) is 115 Å². The summed E-state index contributed by atoms with van der Waals surface area (Å²) in [7, 11) is -4.75. The van der Waals surface area contributed by atoms with Crippen LogP contribution in [0.5, 0.6) is 5.75 Å². The second kappa shape index (κ2) is 21.4. The van der Waals surface area contributed by atoms with Gasteiger partial charge >= 0.3 is 7.82 Å². The molecule has 1 rings (SSSR count). The highest BCUT2D eigenvalue weighted by Crippen LogP contribution is 2.37. The molecule has 0 aliphatic rings. The summed E-state index contributed by atoms with van der Waals surface area (Å²) < 4.78 is 40.5. The molecule has 0 bridgehead atoms. The molecule has 0 fully saturated rings. The molecule has 0 amide bonds. The van der Waals surface area contributed by atoms with Gasteiger partial charge in [-0.15, -0.1) is 0 Å². The first-order valence-electron chi connectivity index (χ1n) is 14.0. The van der Waals surface area contributed by atoms with Gasteiger partial charge in [-0.2, -0.15) is 5.26 Å². The number of nitriles is 1. The van der Waals surface area contributed by atoms with Crippen molar-refractivity contribution in [2.24, 2.45) is 0 Å². The molecule has 0 aliphatic carbocycles. The Morgan fingerprint density at radius 3 is 1.84 bits per heavy atom. The van der Waals surface area contributed by atoms with E-state index in [0.717, 1.165) is 31.4 Å².